The van der Waals surface area contributed by atoms with Crippen molar-refractivity contribution < 1.29 is 14.3 Å². The van der Waals surface area contributed by atoms with Crippen molar-refractivity contribution in [3.63, 3.8) is 0 Å². The number of ether oxygens (including phenoxy) is 1. The van der Waals surface area contributed by atoms with Crippen molar-refractivity contribution in [2.75, 3.05) is 20.6 Å². The lowest BCUT2D eigenvalue weighted by molar-refractivity contribution is -0.122. The maximum atomic E-state index is 11.4. The largest absolute Gasteiger partial charge is 0.444 e. The van der Waals surface area contributed by atoms with Crippen LogP contribution in [0.1, 0.15) is 20.8 Å². The van der Waals surface area contributed by atoms with Crippen LogP contribution in [0.3, 0.4) is 0 Å². The minimum Gasteiger partial charge on any atom is -0.444 e. The summed E-state index contributed by atoms with van der Waals surface area (Å²) in [6, 6.07) is -0.634. The van der Waals surface area contributed by atoms with E-state index in [0.717, 1.165) is 0 Å². The van der Waals surface area contributed by atoms with Gasteiger partial charge in [-0.3, -0.25) is 4.79 Å². The minimum atomic E-state index is -0.634. The van der Waals surface area contributed by atoms with E-state index >= 15 is 0 Å². The Balaban J connectivity index is 4.29. The molecule has 0 radical (unpaired) electrons. The first-order chi connectivity index (χ1) is 7.30. The van der Waals surface area contributed by atoms with Crippen molar-refractivity contribution >= 4 is 12.0 Å². The molecule has 6 nitrogen and oxygen atoms in total. The van der Waals surface area contributed by atoms with Crippen LogP contribution < -0.4 is 16.0 Å². The summed E-state index contributed by atoms with van der Waals surface area (Å²) in [4.78, 5) is 22.8. The van der Waals surface area contributed by atoms with Crippen molar-refractivity contribution in [2.45, 2.75) is 32.4 Å². The fourth-order valence-electron chi connectivity index (χ4n) is 1.04. The molecular formula is C10H21N3O3. The molecule has 6 heteroatoms. The highest BCUT2D eigenvalue weighted by Gasteiger charge is 2.22. The van der Waals surface area contributed by atoms with Crippen LogP contribution in [0.25, 0.3) is 0 Å². The monoisotopic (exact) mass is 231 g/mol. The summed E-state index contributed by atoms with van der Waals surface area (Å²) in [6.07, 6.45) is -0.601. The second-order valence-electron chi connectivity index (χ2n) is 4.37. The third-order valence-electron chi connectivity index (χ3n) is 1.66. The van der Waals surface area contributed by atoms with Gasteiger partial charge in [-0.05, 0) is 27.8 Å². The first-order valence-corrected chi connectivity index (χ1v) is 5.16. The molecule has 0 fully saturated rings. The number of likely N-dealkylation sites (N-methyl/N-ethyl adjacent to an activating group) is 2. The number of carbonyl (C=O) groups is 2. The SMILES string of the molecule is CNCC(NC(=O)OC(C)(C)C)C(=O)NC. The summed E-state index contributed by atoms with van der Waals surface area (Å²) in [5, 5.41) is 7.78. The van der Waals surface area contributed by atoms with E-state index in [2.05, 4.69) is 16.0 Å². The number of amides is 2. The van der Waals surface area contributed by atoms with Gasteiger partial charge in [-0.25, -0.2) is 4.79 Å². The summed E-state index contributed by atoms with van der Waals surface area (Å²) in [5.41, 5.74) is -0.572. The Kier molecular flexibility index (Phi) is 5.81. The lowest BCUT2D eigenvalue weighted by Gasteiger charge is -2.22. The fourth-order valence-corrected chi connectivity index (χ4v) is 1.04. The quantitative estimate of drug-likeness (QED) is 0.628. The van der Waals surface area contributed by atoms with E-state index in [1.54, 1.807) is 27.8 Å². The van der Waals surface area contributed by atoms with Gasteiger partial charge >= 0.3 is 6.09 Å². The van der Waals surface area contributed by atoms with Gasteiger partial charge < -0.3 is 20.7 Å². The predicted molar refractivity (Wildman–Crippen MR) is 61.2 cm³/mol. The first kappa shape index (κ1) is 14.7. The summed E-state index contributed by atoms with van der Waals surface area (Å²) in [5.74, 6) is -0.264. The molecule has 16 heavy (non-hydrogen) atoms. The van der Waals surface area contributed by atoms with Crippen LogP contribution in [0.15, 0.2) is 0 Å². The molecule has 0 aliphatic carbocycles. The summed E-state index contributed by atoms with van der Waals surface area (Å²) < 4.78 is 5.05. The van der Waals surface area contributed by atoms with Gasteiger partial charge in [0.25, 0.3) is 0 Å². The van der Waals surface area contributed by atoms with E-state index in [-0.39, 0.29) is 5.91 Å². The van der Waals surface area contributed by atoms with Gasteiger partial charge in [0.2, 0.25) is 5.91 Å². The average Bonchev–Trinajstić information content (AvgIpc) is 2.13. The molecule has 0 aliphatic rings. The molecule has 0 heterocycles. The zero-order valence-corrected chi connectivity index (χ0v) is 10.5. The molecule has 0 saturated carbocycles. The molecule has 0 spiro atoms. The zero-order chi connectivity index (χ0) is 12.8. The van der Waals surface area contributed by atoms with E-state index in [4.69, 9.17) is 4.74 Å². The van der Waals surface area contributed by atoms with E-state index in [0.29, 0.717) is 6.54 Å². The van der Waals surface area contributed by atoms with Crippen LogP contribution in [0, 0.1) is 0 Å². The molecule has 0 saturated heterocycles. The van der Waals surface area contributed by atoms with Crippen molar-refractivity contribution in [1.29, 1.82) is 0 Å². The molecule has 0 rings (SSSR count). The van der Waals surface area contributed by atoms with Crippen molar-refractivity contribution in [3.8, 4) is 0 Å². The van der Waals surface area contributed by atoms with Crippen LogP contribution >= 0.6 is 0 Å². The Morgan fingerprint density at radius 3 is 2.19 bits per heavy atom. The van der Waals surface area contributed by atoms with Crippen LogP contribution in [0.5, 0.6) is 0 Å². The molecular weight excluding hydrogens is 210 g/mol. The zero-order valence-electron chi connectivity index (χ0n) is 10.5. The molecule has 1 atom stereocenters. The highest BCUT2D eigenvalue weighted by atomic mass is 16.6. The van der Waals surface area contributed by atoms with E-state index < -0.39 is 17.7 Å². The van der Waals surface area contributed by atoms with Crippen molar-refractivity contribution in [2.24, 2.45) is 0 Å². The van der Waals surface area contributed by atoms with Crippen molar-refractivity contribution in [1.82, 2.24) is 16.0 Å². The third-order valence-corrected chi connectivity index (χ3v) is 1.66. The van der Waals surface area contributed by atoms with Gasteiger partial charge in [0, 0.05) is 13.6 Å². The third kappa shape index (κ3) is 6.23. The Morgan fingerprint density at radius 1 is 1.25 bits per heavy atom. The summed E-state index contributed by atoms with van der Waals surface area (Å²) in [7, 11) is 3.22. The Morgan fingerprint density at radius 2 is 1.81 bits per heavy atom. The van der Waals surface area contributed by atoms with Crippen LogP contribution in [0.2, 0.25) is 0 Å². The topological polar surface area (TPSA) is 79.5 Å². The van der Waals surface area contributed by atoms with E-state index in [1.165, 1.54) is 7.05 Å². The number of nitrogens with one attached hydrogen (secondary N) is 3. The predicted octanol–water partition coefficient (Wildman–Crippen LogP) is -0.155. The summed E-state index contributed by atoms with van der Waals surface area (Å²) >= 11 is 0. The number of rotatable bonds is 4. The van der Waals surface area contributed by atoms with Gasteiger partial charge in [-0.1, -0.05) is 0 Å². The van der Waals surface area contributed by atoms with Crippen LogP contribution in [0.4, 0.5) is 4.79 Å². The molecule has 0 aromatic rings. The van der Waals surface area contributed by atoms with Crippen LogP contribution in [-0.4, -0.2) is 44.3 Å². The second-order valence-corrected chi connectivity index (χ2v) is 4.37. The molecule has 0 aromatic carbocycles. The maximum absolute atomic E-state index is 11.4. The summed E-state index contributed by atoms with van der Waals surface area (Å²) in [6.45, 7) is 5.64. The van der Waals surface area contributed by atoms with Crippen molar-refractivity contribution in [3.05, 3.63) is 0 Å². The lowest BCUT2D eigenvalue weighted by Crippen LogP contribution is -2.51. The molecule has 0 aliphatic heterocycles. The Hall–Kier alpha value is -1.30. The highest BCUT2D eigenvalue weighted by molar-refractivity contribution is 5.85. The number of alkyl carbamates (subject to hydrolysis) is 1. The normalized spacial score (nSPS) is 12.8. The Labute approximate surface area is 96.1 Å². The minimum absolute atomic E-state index is 0.264. The molecule has 94 valence electrons. The van der Waals surface area contributed by atoms with E-state index in [9.17, 15) is 9.59 Å². The standard InChI is InChI=1S/C10H21N3O3/c1-10(2,3)16-9(15)13-7(6-11-4)8(14)12-5/h7,11H,6H2,1-5H3,(H,12,14)(H,13,15). The van der Waals surface area contributed by atoms with Gasteiger partial charge in [0.1, 0.15) is 11.6 Å². The number of carbonyl (C=O) groups excluding carboxylic acids is 2. The molecule has 3 N–H and O–H groups in total. The Bertz CT molecular complexity index is 248. The van der Waals surface area contributed by atoms with E-state index in [1.807, 2.05) is 0 Å². The molecule has 2 amide bonds. The van der Waals surface area contributed by atoms with Crippen LogP contribution in [-0.2, 0) is 9.53 Å². The van der Waals surface area contributed by atoms with Gasteiger partial charge in [-0.2, -0.15) is 0 Å². The molecule has 0 bridgehead atoms. The smallest absolute Gasteiger partial charge is 0.408 e. The number of hydrogen-bond donors (Lipinski definition) is 3. The lowest BCUT2D eigenvalue weighted by atomic mass is 10.2. The number of hydrogen-bond acceptors (Lipinski definition) is 4. The van der Waals surface area contributed by atoms with Gasteiger partial charge in [-0.15, -0.1) is 0 Å². The maximum Gasteiger partial charge on any atom is 0.408 e. The van der Waals surface area contributed by atoms with Gasteiger partial charge in [0.05, 0.1) is 0 Å². The average molecular weight is 231 g/mol. The first-order valence-electron chi connectivity index (χ1n) is 5.16. The fraction of sp³-hybridized carbons (Fsp3) is 0.800. The van der Waals surface area contributed by atoms with Gasteiger partial charge in [0.15, 0.2) is 0 Å². The second kappa shape index (κ2) is 6.32. The highest BCUT2D eigenvalue weighted by Crippen LogP contribution is 2.06. The molecule has 0 aromatic heterocycles. The molecule has 1 unspecified atom stereocenters.